The first-order valence-corrected chi connectivity index (χ1v) is 12.5. The van der Waals surface area contributed by atoms with Crippen molar-refractivity contribution in [1.29, 1.82) is 0 Å². The number of nitrogens with zero attached hydrogens (tertiary/aromatic N) is 4. The van der Waals surface area contributed by atoms with Crippen molar-refractivity contribution in [3.63, 3.8) is 0 Å². The van der Waals surface area contributed by atoms with Crippen LogP contribution in [0.25, 0.3) is 11.0 Å². The minimum Gasteiger partial charge on any atom is -0.481 e. The van der Waals surface area contributed by atoms with Crippen LogP contribution in [-0.4, -0.2) is 71.0 Å². The second-order valence-electron chi connectivity index (χ2n) is 8.71. The number of fused-ring (bicyclic) bond motifs is 2. The maximum absolute atomic E-state index is 14.7. The summed E-state index contributed by atoms with van der Waals surface area (Å²) in [5, 5.41) is 6.08. The van der Waals surface area contributed by atoms with Crippen LogP contribution in [0.5, 0.6) is 5.88 Å². The van der Waals surface area contributed by atoms with Crippen LogP contribution in [0, 0.1) is 11.7 Å². The SMILES string of the molecule is COc1ccc2ncc(F)c(CCN3C[C@@H](CNCc4ccc5c(n4)NC(=O)CS5)[C@@H](F)C3)c2n1. The van der Waals surface area contributed by atoms with Crippen molar-refractivity contribution in [2.45, 2.75) is 24.0 Å². The minimum atomic E-state index is -0.966. The van der Waals surface area contributed by atoms with E-state index in [0.29, 0.717) is 73.2 Å². The van der Waals surface area contributed by atoms with Gasteiger partial charge in [0.05, 0.1) is 40.7 Å². The summed E-state index contributed by atoms with van der Waals surface area (Å²) >= 11 is 1.47. The van der Waals surface area contributed by atoms with Crippen LogP contribution in [0.3, 0.4) is 0 Å². The summed E-state index contributed by atoms with van der Waals surface area (Å²) in [6.07, 6.45) is 0.645. The van der Waals surface area contributed by atoms with Crippen LogP contribution >= 0.6 is 11.8 Å². The molecule has 184 valence electrons. The molecule has 11 heteroatoms. The number of rotatable bonds is 8. The Kier molecular flexibility index (Phi) is 7.07. The van der Waals surface area contributed by atoms with E-state index < -0.39 is 12.0 Å². The molecule has 0 aliphatic carbocycles. The molecule has 8 nitrogen and oxygen atoms in total. The number of thioether (sulfide) groups is 1. The average molecular weight is 501 g/mol. The molecule has 1 saturated heterocycles. The third-order valence-corrected chi connectivity index (χ3v) is 7.36. The molecular weight excluding hydrogens is 474 g/mol. The predicted octanol–water partition coefficient (Wildman–Crippen LogP) is 2.82. The highest BCUT2D eigenvalue weighted by Crippen LogP contribution is 2.30. The summed E-state index contributed by atoms with van der Waals surface area (Å²) in [6, 6.07) is 7.31. The Morgan fingerprint density at radius 3 is 3.00 bits per heavy atom. The molecular formula is C24H26F2N6O2S. The fraction of sp³-hybridized carbons (Fsp3) is 0.417. The van der Waals surface area contributed by atoms with E-state index in [1.807, 2.05) is 17.0 Å². The second kappa shape index (κ2) is 10.4. The molecule has 1 fully saturated rings. The number of likely N-dealkylation sites (tertiary alicyclic amines) is 1. The van der Waals surface area contributed by atoms with Crippen LogP contribution in [0.4, 0.5) is 14.6 Å². The average Bonchev–Trinajstić information content (AvgIpc) is 3.21. The number of carbonyl (C=O) groups excluding carboxylic acids is 1. The van der Waals surface area contributed by atoms with Gasteiger partial charge in [-0.15, -0.1) is 11.8 Å². The van der Waals surface area contributed by atoms with E-state index in [-0.39, 0.29) is 11.8 Å². The molecule has 35 heavy (non-hydrogen) atoms. The van der Waals surface area contributed by atoms with Crippen molar-refractivity contribution >= 4 is 34.5 Å². The second-order valence-corrected chi connectivity index (χ2v) is 9.73. The molecule has 0 aromatic carbocycles. The summed E-state index contributed by atoms with van der Waals surface area (Å²) < 4.78 is 34.5. The molecule has 0 spiro atoms. The van der Waals surface area contributed by atoms with Gasteiger partial charge < -0.3 is 15.4 Å². The Balaban J connectivity index is 1.15. The van der Waals surface area contributed by atoms with Crippen molar-refractivity contribution in [3.05, 3.63) is 47.5 Å². The lowest BCUT2D eigenvalue weighted by Gasteiger charge is -2.17. The number of halogens is 2. The molecule has 2 aliphatic rings. The molecule has 1 amide bonds. The van der Waals surface area contributed by atoms with Crippen molar-refractivity contribution in [2.75, 3.05) is 44.4 Å². The number of ether oxygens (including phenoxy) is 1. The van der Waals surface area contributed by atoms with Crippen molar-refractivity contribution < 1.29 is 18.3 Å². The Labute approximate surface area is 205 Å². The Morgan fingerprint density at radius 1 is 1.26 bits per heavy atom. The topological polar surface area (TPSA) is 92.3 Å². The number of aromatic nitrogens is 3. The van der Waals surface area contributed by atoms with E-state index in [2.05, 4.69) is 25.6 Å². The number of anilines is 1. The Bertz CT molecular complexity index is 1250. The van der Waals surface area contributed by atoms with Crippen molar-refractivity contribution in [2.24, 2.45) is 5.92 Å². The smallest absolute Gasteiger partial charge is 0.235 e. The van der Waals surface area contributed by atoms with Gasteiger partial charge in [-0.1, -0.05) is 0 Å². The van der Waals surface area contributed by atoms with Gasteiger partial charge in [0, 0.05) is 50.3 Å². The quantitative estimate of drug-likeness (QED) is 0.488. The number of hydrogen-bond acceptors (Lipinski definition) is 8. The molecule has 5 rings (SSSR count). The number of alkyl halides is 1. The number of nitrogens with one attached hydrogen (secondary N) is 2. The number of amides is 1. The van der Waals surface area contributed by atoms with Gasteiger partial charge in [0.25, 0.3) is 0 Å². The fourth-order valence-electron chi connectivity index (χ4n) is 4.48. The van der Waals surface area contributed by atoms with Crippen LogP contribution in [0.2, 0.25) is 0 Å². The first-order chi connectivity index (χ1) is 17.0. The fourth-order valence-corrected chi connectivity index (χ4v) is 5.23. The van der Waals surface area contributed by atoms with E-state index in [0.717, 1.165) is 10.6 Å². The molecule has 0 unspecified atom stereocenters. The molecule has 2 N–H and O–H groups in total. The molecule has 5 heterocycles. The zero-order valence-electron chi connectivity index (χ0n) is 19.3. The van der Waals surface area contributed by atoms with E-state index >= 15 is 0 Å². The van der Waals surface area contributed by atoms with Gasteiger partial charge in [-0.2, -0.15) is 0 Å². The lowest BCUT2D eigenvalue weighted by atomic mass is 10.1. The van der Waals surface area contributed by atoms with E-state index in [1.165, 1.54) is 25.1 Å². The van der Waals surface area contributed by atoms with Crippen LogP contribution < -0.4 is 15.4 Å². The van der Waals surface area contributed by atoms with E-state index in [1.54, 1.807) is 12.1 Å². The number of methoxy groups -OCH3 is 1. The van der Waals surface area contributed by atoms with Crippen LogP contribution in [0.1, 0.15) is 11.3 Å². The predicted molar refractivity (Wildman–Crippen MR) is 130 cm³/mol. The standard InChI is InChI=1S/C24H26F2N6O2S/c1-34-22-5-3-19-23(31-22)16(17(25)10-28-19)6-7-32-11-14(18(26)12-32)8-27-9-15-2-4-20-24(29-15)30-21(33)13-35-20/h2-5,10,14,18,27H,6-9,11-13H2,1H3,(H,29,30,33)/t14-,18+/m1/s1. The summed E-state index contributed by atoms with van der Waals surface area (Å²) in [6.45, 7) is 2.41. The molecule has 2 aliphatic heterocycles. The van der Waals surface area contributed by atoms with Gasteiger partial charge >= 0.3 is 0 Å². The number of carbonyl (C=O) groups is 1. The summed E-state index contributed by atoms with van der Waals surface area (Å²) in [4.78, 5) is 27.5. The maximum atomic E-state index is 14.7. The largest absolute Gasteiger partial charge is 0.481 e. The summed E-state index contributed by atoms with van der Waals surface area (Å²) in [7, 11) is 1.51. The van der Waals surface area contributed by atoms with Gasteiger partial charge in [0.15, 0.2) is 0 Å². The van der Waals surface area contributed by atoms with E-state index in [4.69, 9.17) is 4.74 Å². The normalized spacial score (nSPS) is 20.1. The lowest BCUT2D eigenvalue weighted by Crippen LogP contribution is -2.29. The van der Waals surface area contributed by atoms with Gasteiger partial charge in [0.1, 0.15) is 17.8 Å². The Hall–Kier alpha value is -2.89. The van der Waals surface area contributed by atoms with Gasteiger partial charge in [-0.3, -0.25) is 14.7 Å². The van der Waals surface area contributed by atoms with Crippen LogP contribution in [0.15, 0.2) is 35.4 Å². The summed E-state index contributed by atoms with van der Waals surface area (Å²) in [5.74, 6) is 0.748. The molecule has 0 bridgehead atoms. The first-order valence-electron chi connectivity index (χ1n) is 11.5. The minimum absolute atomic E-state index is 0.0546. The maximum Gasteiger partial charge on any atom is 0.235 e. The monoisotopic (exact) mass is 500 g/mol. The van der Waals surface area contributed by atoms with Gasteiger partial charge in [-0.25, -0.2) is 18.7 Å². The highest BCUT2D eigenvalue weighted by atomic mass is 32.2. The molecule has 2 atom stereocenters. The van der Waals surface area contributed by atoms with E-state index in [9.17, 15) is 13.6 Å². The van der Waals surface area contributed by atoms with Gasteiger partial charge in [-0.05, 0) is 24.6 Å². The zero-order valence-corrected chi connectivity index (χ0v) is 20.1. The highest BCUT2D eigenvalue weighted by molar-refractivity contribution is 8.00. The van der Waals surface area contributed by atoms with Crippen molar-refractivity contribution in [3.8, 4) is 5.88 Å². The Morgan fingerprint density at radius 2 is 2.14 bits per heavy atom. The third kappa shape index (κ3) is 5.36. The summed E-state index contributed by atoms with van der Waals surface area (Å²) in [5.41, 5.74) is 2.34. The number of hydrogen-bond donors (Lipinski definition) is 2. The first kappa shape index (κ1) is 23.8. The molecule has 0 saturated carbocycles. The third-order valence-electron chi connectivity index (χ3n) is 6.31. The highest BCUT2D eigenvalue weighted by Gasteiger charge is 2.32. The lowest BCUT2D eigenvalue weighted by molar-refractivity contribution is -0.113. The number of pyridine rings is 3. The van der Waals surface area contributed by atoms with Crippen LogP contribution in [-0.2, 0) is 17.8 Å². The van der Waals surface area contributed by atoms with Crippen molar-refractivity contribution in [1.82, 2.24) is 25.2 Å². The molecule has 3 aromatic heterocycles. The molecule has 0 radical (unpaired) electrons. The van der Waals surface area contributed by atoms with Gasteiger partial charge in [0.2, 0.25) is 11.8 Å². The molecule has 3 aromatic rings. The zero-order chi connectivity index (χ0) is 24.4.